The second kappa shape index (κ2) is 7.99. The van der Waals surface area contributed by atoms with Gasteiger partial charge in [0.1, 0.15) is 5.78 Å². The zero-order chi connectivity index (χ0) is 13.4. The summed E-state index contributed by atoms with van der Waals surface area (Å²) in [6.07, 6.45) is 5.80. The molecule has 0 aromatic carbocycles. The second-order valence-electron chi connectivity index (χ2n) is 4.61. The van der Waals surface area contributed by atoms with Gasteiger partial charge in [0.25, 0.3) is 0 Å². The highest BCUT2D eigenvalue weighted by molar-refractivity contribution is 5.94. The van der Waals surface area contributed by atoms with Crippen molar-refractivity contribution in [3.63, 3.8) is 0 Å². The number of hydrogen-bond acceptors (Lipinski definition) is 2. The summed E-state index contributed by atoms with van der Waals surface area (Å²) in [6.45, 7) is 9.79. The van der Waals surface area contributed by atoms with Gasteiger partial charge >= 0.3 is 0 Å². The van der Waals surface area contributed by atoms with Gasteiger partial charge in [-0.25, -0.2) is 0 Å². The minimum atomic E-state index is 0.0210. The highest BCUT2D eigenvalue weighted by Crippen LogP contribution is 2.25. The molecule has 0 amide bonds. The molecule has 1 rings (SSSR count). The van der Waals surface area contributed by atoms with Gasteiger partial charge in [0.05, 0.1) is 0 Å². The Morgan fingerprint density at radius 2 is 1.94 bits per heavy atom. The minimum absolute atomic E-state index is 0.0210. The molecule has 1 aliphatic rings. The maximum absolute atomic E-state index is 11.1. The van der Waals surface area contributed by atoms with E-state index in [9.17, 15) is 9.59 Å². The molecular formula is C15H24O2. The maximum Gasteiger partial charge on any atom is 0.155 e. The third-order valence-corrected chi connectivity index (χ3v) is 2.95. The monoisotopic (exact) mass is 236 g/mol. The first-order chi connectivity index (χ1) is 7.92. The molecule has 0 heterocycles. The second-order valence-corrected chi connectivity index (χ2v) is 4.61. The Labute approximate surface area is 105 Å². The van der Waals surface area contributed by atoms with Crippen molar-refractivity contribution in [2.24, 2.45) is 5.92 Å². The van der Waals surface area contributed by atoms with Crippen molar-refractivity contribution in [1.82, 2.24) is 0 Å². The molecule has 1 unspecified atom stereocenters. The number of allylic oxidation sites excluding steroid dienone is 4. The van der Waals surface area contributed by atoms with Crippen molar-refractivity contribution in [2.45, 2.75) is 53.9 Å². The van der Waals surface area contributed by atoms with Gasteiger partial charge in [-0.3, -0.25) is 9.59 Å². The van der Waals surface area contributed by atoms with Gasteiger partial charge in [0.2, 0.25) is 0 Å². The standard InChI is InChI=1S/C10H14O2.C5H10/c1-3-8-6-9(12)4-5-10(8)7(2)11;1-4-5(2)3/h6,10H,3-5H2,1-2H3;4H,1-3H3. The normalized spacial score (nSPS) is 18.8. The van der Waals surface area contributed by atoms with Crippen molar-refractivity contribution in [1.29, 1.82) is 0 Å². The highest BCUT2D eigenvalue weighted by atomic mass is 16.1. The van der Waals surface area contributed by atoms with Gasteiger partial charge in [-0.2, -0.15) is 0 Å². The van der Waals surface area contributed by atoms with E-state index in [1.807, 2.05) is 13.8 Å². The first kappa shape index (κ1) is 15.8. The lowest BCUT2D eigenvalue weighted by atomic mass is 9.83. The molecule has 0 saturated carbocycles. The summed E-state index contributed by atoms with van der Waals surface area (Å²) >= 11 is 0. The van der Waals surface area contributed by atoms with Crippen LogP contribution in [0.5, 0.6) is 0 Å². The fourth-order valence-corrected chi connectivity index (χ4v) is 1.66. The van der Waals surface area contributed by atoms with E-state index in [0.29, 0.717) is 12.8 Å². The number of ketones is 2. The molecule has 1 atom stereocenters. The third-order valence-electron chi connectivity index (χ3n) is 2.95. The van der Waals surface area contributed by atoms with Crippen LogP contribution in [0.1, 0.15) is 53.9 Å². The Kier molecular flexibility index (Phi) is 7.44. The predicted octanol–water partition coefficient (Wildman–Crippen LogP) is 3.86. The SMILES string of the molecule is CC=C(C)C.CCC1=CC(=O)CCC1C(C)=O. The van der Waals surface area contributed by atoms with Crippen LogP contribution in [-0.4, -0.2) is 11.6 Å². The van der Waals surface area contributed by atoms with Crippen LogP contribution in [0.2, 0.25) is 0 Å². The molecule has 96 valence electrons. The number of Topliss-reactive ketones (excluding diaryl/α,β-unsaturated/α-hetero) is 1. The highest BCUT2D eigenvalue weighted by Gasteiger charge is 2.23. The van der Waals surface area contributed by atoms with E-state index < -0.39 is 0 Å². The minimum Gasteiger partial charge on any atom is -0.299 e. The van der Waals surface area contributed by atoms with E-state index in [1.54, 1.807) is 13.0 Å². The Morgan fingerprint density at radius 1 is 1.41 bits per heavy atom. The summed E-state index contributed by atoms with van der Waals surface area (Å²) in [7, 11) is 0. The van der Waals surface area contributed by atoms with Crippen LogP contribution in [0.15, 0.2) is 23.3 Å². The average Bonchev–Trinajstić information content (AvgIpc) is 2.29. The van der Waals surface area contributed by atoms with Gasteiger partial charge in [0.15, 0.2) is 5.78 Å². The van der Waals surface area contributed by atoms with Crippen molar-refractivity contribution < 1.29 is 9.59 Å². The Morgan fingerprint density at radius 3 is 2.29 bits per heavy atom. The lowest BCUT2D eigenvalue weighted by Crippen LogP contribution is -2.19. The summed E-state index contributed by atoms with van der Waals surface area (Å²) in [5.74, 6) is 0.382. The molecule has 2 nitrogen and oxygen atoms in total. The molecule has 0 N–H and O–H groups in total. The van der Waals surface area contributed by atoms with Crippen LogP contribution in [-0.2, 0) is 9.59 Å². The largest absolute Gasteiger partial charge is 0.299 e. The molecule has 17 heavy (non-hydrogen) atoms. The van der Waals surface area contributed by atoms with Crippen LogP contribution in [0.4, 0.5) is 0 Å². The van der Waals surface area contributed by atoms with Crippen molar-refractivity contribution >= 4 is 11.6 Å². The van der Waals surface area contributed by atoms with Crippen LogP contribution >= 0.6 is 0 Å². The van der Waals surface area contributed by atoms with Crippen molar-refractivity contribution in [3.05, 3.63) is 23.3 Å². The van der Waals surface area contributed by atoms with Crippen LogP contribution in [0.25, 0.3) is 0 Å². The molecule has 2 heteroatoms. The number of rotatable bonds is 2. The third kappa shape index (κ3) is 6.20. The zero-order valence-electron chi connectivity index (χ0n) is 11.7. The van der Waals surface area contributed by atoms with Crippen LogP contribution in [0, 0.1) is 5.92 Å². The Balaban J connectivity index is 0.000000437. The van der Waals surface area contributed by atoms with E-state index in [4.69, 9.17) is 0 Å². The molecule has 1 aliphatic carbocycles. The molecule has 0 aromatic rings. The fraction of sp³-hybridized carbons (Fsp3) is 0.600. The molecule has 0 spiro atoms. The summed E-state index contributed by atoms with van der Waals surface area (Å²) in [5, 5.41) is 0. The van der Waals surface area contributed by atoms with E-state index in [-0.39, 0.29) is 17.5 Å². The van der Waals surface area contributed by atoms with Crippen molar-refractivity contribution in [3.8, 4) is 0 Å². The molecule has 0 aromatic heterocycles. The smallest absolute Gasteiger partial charge is 0.155 e. The van der Waals surface area contributed by atoms with Crippen molar-refractivity contribution in [2.75, 3.05) is 0 Å². The van der Waals surface area contributed by atoms with Crippen LogP contribution in [0.3, 0.4) is 0 Å². The van der Waals surface area contributed by atoms with E-state index in [2.05, 4.69) is 19.9 Å². The van der Waals surface area contributed by atoms with Gasteiger partial charge in [0, 0.05) is 12.3 Å². The summed E-state index contributed by atoms with van der Waals surface area (Å²) in [6, 6.07) is 0. The zero-order valence-corrected chi connectivity index (χ0v) is 11.7. The fourth-order valence-electron chi connectivity index (χ4n) is 1.66. The van der Waals surface area contributed by atoms with E-state index in [0.717, 1.165) is 12.0 Å². The van der Waals surface area contributed by atoms with Gasteiger partial charge in [-0.05, 0) is 46.6 Å². The molecule has 0 radical (unpaired) electrons. The van der Waals surface area contributed by atoms with Gasteiger partial charge in [-0.1, -0.05) is 24.1 Å². The summed E-state index contributed by atoms with van der Waals surface area (Å²) < 4.78 is 0. The molecule has 0 fully saturated rings. The summed E-state index contributed by atoms with van der Waals surface area (Å²) in [5.41, 5.74) is 2.39. The molecular weight excluding hydrogens is 212 g/mol. The lowest BCUT2D eigenvalue weighted by Gasteiger charge is -2.19. The number of carbonyl (C=O) groups is 2. The number of carbonyl (C=O) groups excluding carboxylic acids is 2. The van der Waals surface area contributed by atoms with E-state index >= 15 is 0 Å². The number of hydrogen-bond donors (Lipinski definition) is 0. The van der Waals surface area contributed by atoms with Gasteiger partial charge < -0.3 is 0 Å². The molecule has 0 saturated heterocycles. The first-order valence-corrected chi connectivity index (χ1v) is 6.25. The lowest BCUT2D eigenvalue weighted by molar-refractivity contribution is -0.121. The predicted molar refractivity (Wildman–Crippen MR) is 71.9 cm³/mol. The maximum atomic E-state index is 11.1. The topological polar surface area (TPSA) is 34.1 Å². The molecule has 0 aliphatic heterocycles. The molecule has 0 bridgehead atoms. The Hall–Kier alpha value is -1.18. The average molecular weight is 236 g/mol. The summed E-state index contributed by atoms with van der Waals surface area (Å²) in [4.78, 5) is 22.1. The quantitative estimate of drug-likeness (QED) is 0.682. The van der Waals surface area contributed by atoms with Gasteiger partial charge in [-0.15, -0.1) is 0 Å². The first-order valence-electron chi connectivity index (χ1n) is 6.25. The van der Waals surface area contributed by atoms with E-state index in [1.165, 1.54) is 5.57 Å². The Bertz CT molecular complexity index is 331. The van der Waals surface area contributed by atoms with Crippen LogP contribution < -0.4 is 0 Å².